The van der Waals surface area contributed by atoms with Crippen molar-refractivity contribution in [2.24, 2.45) is 11.1 Å². The number of hydrogen-bond donors (Lipinski definition) is 1. The van der Waals surface area contributed by atoms with Crippen molar-refractivity contribution in [3.8, 4) is 0 Å². The minimum atomic E-state index is -0.418. The van der Waals surface area contributed by atoms with Crippen LogP contribution >= 0.6 is 15.9 Å². The smallest absolute Gasteiger partial charge is 0.253 e. The fraction of sp³-hybridized carbons (Fsp3) is 0.500. The molecule has 19 heavy (non-hydrogen) atoms. The lowest BCUT2D eigenvalue weighted by Gasteiger charge is -2.42. The standard InChI is InChI=1S/C14H18BrFN2O/c1-14(2)8-18(6-5-12(14)17)13(19)9-3-4-10(15)11(16)7-9/h3-4,7,12H,5-6,8,17H2,1-2H3. The molecule has 2 N–H and O–H groups in total. The number of nitrogens with two attached hydrogens (primary N) is 1. The zero-order valence-corrected chi connectivity index (χ0v) is 12.7. The molecule has 1 atom stereocenters. The lowest BCUT2D eigenvalue weighted by molar-refractivity contribution is 0.0532. The zero-order valence-electron chi connectivity index (χ0n) is 11.1. The summed E-state index contributed by atoms with van der Waals surface area (Å²) in [4.78, 5) is 14.1. The van der Waals surface area contributed by atoms with Gasteiger partial charge in [0.1, 0.15) is 5.82 Å². The number of hydrogen-bond acceptors (Lipinski definition) is 2. The average molecular weight is 329 g/mol. The highest BCUT2D eigenvalue weighted by molar-refractivity contribution is 9.10. The van der Waals surface area contributed by atoms with E-state index < -0.39 is 5.82 Å². The summed E-state index contributed by atoms with van der Waals surface area (Å²) in [5.74, 6) is -0.551. The van der Waals surface area contributed by atoms with Crippen LogP contribution in [0.25, 0.3) is 0 Å². The van der Waals surface area contributed by atoms with Gasteiger partial charge in [-0.05, 0) is 46.0 Å². The number of halogens is 2. The molecule has 0 bridgehead atoms. The van der Waals surface area contributed by atoms with E-state index in [0.717, 1.165) is 6.42 Å². The first kappa shape index (κ1) is 14.5. The molecule has 1 aliphatic rings. The number of nitrogens with zero attached hydrogens (tertiary/aromatic N) is 1. The zero-order chi connectivity index (χ0) is 14.2. The summed E-state index contributed by atoms with van der Waals surface area (Å²) in [7, 11) is 0. The highest BCUT2D eigenvalue weighted by Crippen LogP contribution is 2.29. The maximum Gasteiger partial charge on any atom is 0.253 e. The first-order chi connectivity index (χ1) is 8.81. The van der Waals surface area contributed by atoms with Crippen molar-refractivity contribution in [2.75, 3.05) is 13.1 Å². The molecule has 0 spiro atoms. The van der Waals surface area contributed by atoms with E-state index in [0.29, 0.717) is 23.1 Å². The number of rotatable bonds is 1. The summed E-state index contributed by atoms with van der Waals surface area (Å²) in [6, 6.07) is 4.56. The van der Waals surface area contributed by atoms with Crippen molar-refractivity contribution in [3.63, 3.8) is 0 Å². The Labute approximate surface area is 121 Å². The number of amides is 1. The number of benzene rings is 1. The van der Waals surface area contributed by atoms with Crippen LogP contribution in [0.15, 0.2) is 22.7 Å². The molecule has 1 amide bonds. The van der Waals surface area contributed by atoms with E-state index in [4.69, 9.17) is 5.73 Å². The van der Waals surface area contributed by atoms with Crippen LogP contribution in [0, 0.1) is 11.2 Å². The maximum absolute atomic E-state index is 13.5. The Morgan fingerprint density at radius 2 is 2.21 bits per heavy atom. The molecule has 1 aromatic rings. The van der Waals surface area contributed by atoms with Gasteiger partial charge in [0.05, 0.1) is 4.47 Å². The second-order valence-corrected chi connectivity index (χ2v) is 6.59. The molecule has 0 aromatic heterocycles. The third-order valence-electron chi connectivity index (χ3n) is 3.77. The summed E-state index contributed by atoms with van der Waals surface area (Å²) in [5, 5.41) is 0. The van der Waals surface area contributed by atoms with Gasteiger partial charge in [0.25, 0.3) is 5.91 Å². The van der Waals surface area contributed by atoms with E-state index in [2.05, 4.69) is 29.8 Å². The Kier molecular flexibility index (Phi) is 3.97. The van der Waals surface area contributed by atoms with Crippen LogP contribution in [-0.4, -0.2) is 29.9 Å². The molecule has 1 aromatic carbocycles. The Morgan fingerprint density at radius 3 is 2.79 bits per heavy atom. The number of likely N-dealkylation sites (tertiary alicyclic amines) is 1. The molecule has 0 aliphatic carbocycles. The summed E-state index contributed by atoms with van der Waals surface area (Å²) >= 11 is 3.08. The van der Waals surface area contributed by atoms with Gasteiger partial charge in [0, 0.05) is 24.7 Å². The van der Waals surface area contributed by atoms with Gasteiger partial charge in [0.2, 0.25) is 0 Å². The Balaban J connectivity index is 2.18. The molecule has 1 heterocycles. The molecular weight excluding hydrogens is 311 g/mol. The Bertz CT molecular complexity index is 504. The first-order valence-electron chi connectivity index (χ1n) is 6.31. The van der Waals surface area contributed by atoms with Crippen LogP contribution in [0.5, 0.6) is 0 Å². The van der Waals surface area contributed by atoms with Crippen molar-refractivity contribution >= 4 is 21.8 Å². The van der Waals surface area contributed by atoms with Crippen molar-refractivity contribution in [1.82, 2.24) is 4.90 Å². The molecule has 1 saturated heterocycles. The fourth-order valence-corrected chi connectivity index (χ4v) is 2.61. The van der Waals surface area contributed by atoms with Gasteiger partial charge in [-0.25, -0.2) is 4.39 Å². The van der Waals surface area contributed by atoms with Crippen LogP contribution in [0.3, 0.4) is 0 Å². The van der Waals surface area contributed by atoms with E-state index in [-0.39, 0.29) is 17.4 Å². The molecule has 1 aliphatic heterocycles. The summed E-state index contributed by atoms with van der Waals surface area (Å²) in [5.41, 5.74) is 6.33. The predicted octanol–water partition coefficient (Wildman–Crippen LogP) is 2.79. The Hall–Kier alpha value is -0.940. The van der Waals surface area contributed by atoms with Crippen LogP contribution in [0.2, 0.25) is 0 Å². The molecule has 104 valence electrons. The molecule has 2 rings (SSSR count). The summed E-state index contributed by atoms with van der Waals surface area (Å²) in [6.07, 6.45) is 0.776. The van der Waals surface area contributed by atoms with Gasteiger partial charge in [-0.1, -0.05) is 13.8 Å². The minimum absolute atomic E-state index is 0.0956. The van der Waals surface area contributed by atoms with Gasteiger partial charge in [-0.3, -0.25) is 4.79 Å². The van der Waals surface area contributed by atoms with E-state index in [1.165, 1.54) is 6.07 Å². The van der Waals surface area contributed by atoms with E-state index in [1.807, 2.05) is 0 Å². The second-order valence-electron chi connectivity index (χ2n) is 5.74. The average Bonchev–Trinajstić information content (AvgIpc) is 2.35. The van der Waals surface area contributed by atoms with Crippen LogP contribution in [0.4, 0.5) is 4.39 Å². The third-order valence-corrected chi connectivity index (χ3v) is 4.41. The van der Waals surface area contributed by atoms with Crippen LogP contribution < -0.4 is 5.73 Å². The van der Waals surface area contributed by atoms with Crippen molar-refractivity contribution in [1.29, 1.82) is 0 Å². The monoisotopic (exact) mass is 328 g/mol. The van der Waals surface area contributed by atoms with Gasteiger partial charge in [-0.15, -0.1) is 0 Å². The quantitative estimate of drug-likeness (QED) is 0.861. The largest absolute Gasteiger partial charge is 0.338 e. The lowest BCUT2D eigenvalue weighted by Crippen LogP contribution is -2.54. The predicted molar refractivity (Wildman–Crippen MR) is 76.4 cm³/mol. The summed E-state index contributed by atoms with van der Waals surface area (Å²) < 4.78 is 13.8. The third kappa shape index (κ3) is 2.98. The minimum Gasteiger partial charge on any atom is -0.338 e. The van der Waals surface area contributed by atoms with Gasteiger partial charge >= 0.3 is 0 Å². The highest BCUT2D eigenvalue weighted by atomic mass is 79.9. The van der Waals surface area contributed by atoms with Crippen LogP contribution in [-0.2, 0) is 0 Å². The lowest BCUT2D eigenvalue weighted by atomic mass is 9.79. The van der Waals surface area contributed by atoms with Gasteiger partial charge < -0.3 is 10.6 Å². The van der Waals surface area contributed by atoms with Gasteiger partial charge in [0.15, 0.2) is 0 Å². The first-order valence-corrected chi connectivity index (χ1v) is 7.10. The summed E-state index contributed by atoms with van der Waals surface area (Å²) in [6.45, 7) is 5.34. The second kappa shape index (κ2) is 5.21. The Morgan fingerprint density at radius 1 is 1.53 bits per heavy atom. The van der Waals surface area contributed by atoms with Crippen molar-refractivity contribution in [2.45, 2.75) is 26.3 Å². The van der Waals surface area contributed by atoms with Crippen LogP contribution in [0.1, 0.15) is 30.6 Å². The number of carbonyl (C=O) groups excluding carboxylic acids is 1. The molecule has 1 fully saturated rings. The van der Waals surface area contributed by atoms with E-state index in [9.17, 15) is 9.18 Å². The SMILES string of the molecule is CC1(C)CN(C(=O)c2ccc(Br)c(F)c2)CCC1N. The molecule has 5 heteroatoms. The van der Waals surface area contributed by atoms with Gasteiger partial charge in [-0.2, -0.15) is 0 Å². The molecule has 0 saturated carbocycles. The highest BCUT2D eigenvalue weighted by Gasteiger charge is 2.35. The van der Waals surface area contributed by atoms with E-state index >= 15 is 0 Å². The molecular formula is C14H18BrFN2O. The van der Waals surface area contributed by atoms with E-state index in [1.54, 1.807) is 17.0 Å². The topological polar surface area (TPSA) is 46.3 Å². The van der Waals surface area contributed by atoms with Crippen molar-refractivity contribution in [3.05, 3.63) is 34.1 Å². The molecule has 0 radical (unpaired) electrons. The maximum atomic E-state index is 13.5. The molecule has 3 nitrogen and oxygen atoms in total. The molecule has 1 unspecified atom stereocenters. The normalized spacial score (nSPS) is 22.4. The van der Waals surface area contributed by atoms with Crippen molar-refractivity contribution < 1.29 is 9.18 Å². The number of piperidine rings is 1. The number of carbonyl (C=O) groups is 1. The fourth-order valence-electron chi connectivity index (χ4n) is 2.36.